The first-order valence-corrected chi connectivity index (χ1v) is 26.1. The molecule has 1 heterocycles. The molecule has 1 saturated heterocycles. The van der Waals surface area contributed by atoms with Gasteiger partial charge in [-0.3, -0.25) is 47.9 Å². The fraction of sp³-hybridized carbons (Fsp3) is 0.792. The molecule has 1 rings (SSSR count). The first-order chi connectivity index (χ1) is 34.9. The number of hydrogen-bond acceptors (Lipinski definition) is 16. The van der Waals surface area contributed by atoms with Crippen LogP contribution in [-0.4, -0.2) is 169 Å². The lowest BCUT2D eigenvalue weighted by Crippen LogP contribution is -2.61. The van der Waals surface area contributed by atoms with E-state index >= 15 is 0 Å². The van der Waals surface area contributed by atoms with Crippen LogP contribution in [-0.2, 0) is 47.9 Å². The number of aliphatic hydroxyl groups is 2. The maximum Gasteiger partial charge on any atom is 0.245 e. The Hall–Kier alpha value is -5.25. The summed E-state index contributed by atoms with van der Waals surface area (Å²) in [6, 6.07) is -12.8. The van der Waals surface area contributed by atoms with E-state index in [-0.39, 0.29) is 95.4 Å². The summed E-state index contributed by atoms with van der Waals surface area (Å²) in [6.07, 6.45) is 0.616. The molecule has 0 aromatic rings. The molecule has 1 fully saturated rings. The van der Waals surface area contributed by atoms with E-state index in [9.17, 15) is 58.2 Å². The Kier molecular flexibility index (Phi) is 34.9. The lowest BCUT2D eigenvalue weighted by Gasteiger charge is -2.29. The van der Waals surface area contributed by atoms with E-state index in [2.05, 4.69) is 60.1 Å². The van der Waals surface area contributed by atoms with Gasteiger partial charge in [-0.25, -0.2) is 0 Å². The predicted molar refractivity (Wildman–Crippen MR) is 283 cm³/mol. The number of rotatable bonds is 25. The summed E-state index contributed by atoms with van der Waals surface area (Å²) in [4.78, 5) is 138. The number of halogens is 1. The van der Waals surface area contributed by atoms with Gasteiger partial charge in [0, 0.05) is 13.0 Å². The Balaban J connectivity index is 0.0000548. The standard InChI is InChI=1S/C48H90N14O12.ClH/c1-8-9-10-11-12-13-37(65)61-39(29(7)64)48(74)58-32(16-21-51)41(67)57-34-18-23-53-47(73)38(28(6)63)62-44(70)33(17-22-52)55-40(66)30(14-19-49)56-45(71)35(24-26(2)3)60-46(72)36(25-27(4)5)59-42(68)31(15-20-50)54-43(34)69;/h26-36,38-39,63-64H,8-25,49-52H2,1-7H3,(H,53,73)(H,54,69)(H,55,66)(H,56,71)(H,57,67)(H,58,74)(H,59,68)(H,60,72)(H,61,65)(H,62,70);1H. The van der Waals surface area contributed by atoms with Gasteiger partial charge in [0.05, 0.1) is 12.2 Å². The number of hydrogen-bond donors (Lipinski definition) is 16. The second kappa shape index (κ2) is 37.5. The summed E-state index contributed by atoms with van der Waals surface area (Å²) < 4.78 is 0. The van der Waals surface area contributed by atoms with Gasteiger partial charge in [-0.15, -0.1) is 12.4 Å². The molecule has 11 atom stereocenters. The number of carbonyl (C=O) groups is 10. The molecule has 26 nitrogen and oxygen atoms in total. The molecule has 0 saturated carbocycles. The van der Waals surface area contributed by atoms with E-state index in [1.54, 1.807) is 27.7 Å². The van der Waals surface area contributed by atoms with Crippen LogP contribution in [0.25, 0.3) is 0 Å². The van der Waals surface area contributed by atoms with Crippen LogP contribution in [0.2, 0.25) is 0 Å². The third kappa shape index (κ3) is 26.4. The summed E-state index contributed by atoms with van der Waals surface area (Å²) in [5.74, 6) is -8.81. The summed E-state index contributed by atoms with van der Waals surface area (Å²) >= 11 is 0. The molecule has 1 aliphatic heterocycles. The van der Waals surface area contributed by atoms with Crippen LogP contribution in [0.3, 0.4) is 0 Å². The summed E-state index contributed by atoms with van der Waals surface area (Å²) in [6.45, 7) is 10.8. The van der Waals surface area contributed by atoms with Crippen molar-refractivity contribution in [3.05, 3.63) is 0 Å². The molecule has 0 aromatic carbocycles. The molecule has 0 radical (unpaired) electrons. The van der Waals surface area contributed by atoms with Crippen molar-refractivity contribution in [1.82, 2.24) is 53.2 Å². The van der Waals surface area contributed by atoms with Gasteiger partial charge in [0.1, 0.15) is 54.4 Å². The van der Waals surface area contributed by atoms with Crippen molar-refractivity contribution in [2.24, 2.45) is 34.8 Å². The molecule has 0 aliphatic carbocycles. The van der Waals surface area contributed by atoms with Gasteiger partial charge in [-0.2, -0.15) is 0 Å². The minimum Gasteiger partial charge on any atom is -0.391 e. The quantitative estimate of drug-likeness (QED) is 0.0387. The lowest BCUT2D eigenvalue weighted by atomic mass is 9.99. The average Bonchev–Trinajstić information content (AvgIpc) is 3.32. The molecule has 1 aliphatic rings. The topological polar surface area (TPSA) is 436 Å². The van der Waals surface area contributed by atoms with Gasteiger partial charge < -0.3 is 86.3 Å². The van der Waals surface area contributed by atoms with E-state index in [4.69, 9.17) is 22.9 Å². The van der Waals surface area contributed by atoms with Crippen molar-refractivity contribution in [2.45, 2.75) is 199 Å². The van der Waals surface area contributed by atoms with Crippen molar-refractivity contribution in [1.29, 1.82) is 0 Å². The highest BCUT2D eigenvalue weighted by Gasteiger charge is 2.37. The SMILES string of the molecule is CCCCCCCC(=O)NC(C(=O)NC(CCN)C(=O)NC1CCNC(=O)C(C(C)O)NC(=O)C(CCN)NC(=O)C(CCN)NC(=O)C(CC(C)C)NC(=O)C(CC(C)C)NC(=O)C(CCN)NC1=O)C(C)O.Cl. The van der Waals surface area contributed by atoms with Crippen LogP contribution in [0, 0.1) is 11.8 Å². The van der Waals surface area contributed by atoms with E-state index < -0.39 is 139 Å². The molecule has 75 heavy (non-hydrogen) atoms. The second-order valence-corrected chi connectivity index (χ2v) is 19.8. The number of nitrogens with two attached hydrogens (primary N) is 4. The average molecular weight is 1090 g/mol. The first kappa shape index (κ1) is 69.8. The molecular weight excluding hydrogens is 1000 g/mol. The Labute approximate surface area is 447 Å². The highest BCUT2D eigenvalue weighted by molar-refractivity contribution is 5.98. The predicted octanol–water partition coefficient (Wildman–Crippen LogP) is -4.10. The Morgan fingerprint density at radius 3 is 1.44 bits per heavy atom. The van der Waals surface area contributed by atoms with Crippen LogP contribution >= 0.6 is 12.4 Å². The summed E-state index contributed by atoms with van der Waals surface area (Å²) in [5, 5.41) is 46.8. The third-order valence-electron chi connectivity index (χ3n) is 12.1. The number of carbonyl (C=O) groups excluding carboxylic acids is 10. The van der Waals surface area contributed by atoms with Crippen molar-refractivity contribution in [2.75, 3.05) is 32.7 Å². The minimum absolute atomic E-state index is 0. The zero-order valence-electron chi connectivity index (χ0n) is 44.9. The van der Waals surface area contributed by atoms with E-state index in [1.807, 2.05) is 0 Å². The Morgan fingerprint density at radius 1 is 0.573 bits per heavy atom. The summed E-state index contributed by atoms with van der Waals surface area (Å²) in [7, 11) is 0. The second-order valence-electron chi connectivity index (χ2n) is 19.8. The van der Waals surface area contributed by atoms with Crippen LogP contribution in [0.4, 0.5) is 0 Å². The molecule has 27 heteroatoms. The molecule has 432 valence electrons. The van der Waals surface area contributed by atoms with E-state index in [1.165, 1.54) is 13.8 Å². The van der Waals surface area contributed by atoms with Gasteiger partial charge >= 0.3 is 0 Å². The normalized spacial score (nSPS) is 23.6. The zero-order chi connectivity index (χ0) is 56.1. The monoisotopic (exact) mass is 1090 g/mol. The van der Waals surface area contributed by atoms with Crippen LogP contribution < -0.4 is 76.1 Å². The fourth-order valence-corrected chi connectivity index (χ4v) is 7.96. The van der Waals surface area contributed by atoms with Gasteiger partial charge in [-0.1, -0.05) is 60.3 Å². The molecule has 20 N–H and O–H groups in total. The molecule has 0 spiro atoms. The molecular formula is C48H91ClN14O12. The van der Waals surface area contributed by atoms with Crippen LogP contribution in [0.5, 0.6) is 0 Å². The van der Waals surface area contributed by atoms with Crippen molar-refractivity contribution >= 4 is 71.5 Å². The van der Waals surface area contributed by atoms with Crippen molar-refractivity contribution < 1.29 is 58.2 Å². The number of unbranched alkanes of at least 4 members (excludes halogenated alkanes) is 4. The Bertz CT molecular complexity index is 1830. The maximum absolute atomic E-state index is 14.3. The van der Waals surface area contributed by atoms with Crippen LogP contribution in [0.15, 0.2) is 0 Å². The highest BCUT2D eigenvalue weighted by atomic mass is 35.5. The minimum atomic E-state index is -1.65. The van der Waals surface area contributed by atoms with Crippen molar-refractivity contribution in [3.8, 4) is 0 Å². The Morgan fingerprint density at radius 2 is 1.01 bits per heavy atom. The third-order valence-corrected chi connectivity index (χ3v) is 12.1. The van der Waals surface area contributed by atoms with E-state index in [0.29, 0.717) is 6.42 Å². The molecule has 10 amide bonds. The molecule has 0 aromatic heterocycles. The smallest absolute Gasteiger partial charge is 0.245 e. The maximum atomic E-state index is 14.3. The van der Waals surface area contributed by atoms with Crippen molar-refractivity contribution in [3.63, 3.8) is 0 Å². The number of nitrogens with one attached hydrogen (secondary N) is 10. The zero-order valence-corrected chi connectivity index (χ0v) is 45.7. The lowest BCUT2D eigenvalue weighted by molar-refractivity contribution is -0.136. The van der Waals surface area contributed by atoms with Crippen LogP contribution in [0.1, 0.15) is 132 Å². The van der Waals surface area contributed by atoms with Gasteiger partial charge in [0.15, 0.2) is 0 Å². The van der Waals surface area contributed by atoms with E-state index in [0.717, 1.165) is 25.7 Å². The highest BCUT2D eigenvalue weighted by Crippen LogP contribution is 2.12. The fourth-order valence-electron chi connectivity index (χ4n) is 7.96. The first-order valence-electron chi connectivity index (χ1n) is 26.1. The van der Waals surface area contributed by atoms with Gasteiger partial charge in [0.2, 0.25) is 59.1 Å². The molecule has 0 bridgehead atoms. The number of amides is 10. The largest absolute Gasteiger partial charge is 0.391 e. The summed E-state index contributed by atoms with van der Waals surface area (Å²) in [5.41, 5.74) is 23.4. The molecule has 11 unspecified atom stereocenters. The van der Waals surface area contributed by atoms with Gasteiger partial charge in [-0.05, 0) is 103 Å². The number of aliphatic hydroxyl groups excluding tert-OH is 2. The van der Waals surface area contributed by atoms with Gasteiger partial charge in [0.25, 0.3) is 0 Å².